The normalized spacial score (nSPS) is 13.5. The molecular weight excluding hydrogens is 572 g/mol. The molecule has 47 heavy (non-hydrogen) atoms. The summed E-state index contributed by atoms with van der Waals surface area (Å²) in [7, 11) is 0. The standard InChI is InChI=1S/C45H42O2/c1-43(2,3)42-30-36(28-29-37(42)31-14-8-7-9-15-31)46-34-24-20-32(21-25-34)45(33-22-26-35(27-23-33)47-44(4,5)6)40-18-12-10-16-38(40)39-17-11-13-19-41(39)45/h7-30H,1-6H3. The Morgan fingerprint density at radius 3 is 1.47 bits per heavy atom. The summed E-state index contributed by atoms with van der Waals surface area (Å²) in [5, 5.41) is 0. The summed E-state index contributed by atoms with van der Waals surface area (Å²) in [5.41, 5.74) is 10.4. The first-order chi connectivity index (χ1) is 22.5. The second-order valence-electron chi connectivity index (χ2n) is 14.5. The molecule has 0 bridgehead atoms. The Hall–Kier alpha value is -5.08. The molecule has 0 aliphatic heterocycles. The zero-order chi connectivity index (χ0) is 32.8. The molecule has 0 radical (unpaired) electrons. The van der Waals surface area contributed by atoms with Crippen LogP contribution in [-0.4, -0.2) is 5.60 Å². The highest BCUT2D eigenvalue weighted by Gasteiger charge is 2.45. The van der Waals surface area contributed by atoms with E-state index in [2.05, 4.69) is 187 Å². The van der Waals surface area contributed by atoms with E-state index >= 15 is 0 Å². The van der Waals surface area contributed by atoms with Gasteiger partial charge in [0.25, 0.3) is 0 Å². The molecule has 2 nitrogen and oxygen atoms in total. The molecule has 0 spiro atoms. The lowest BCUT2D eigenvalue weighted by Gasteiger charge is -2.34. The van der Waals surface area contributed by atoms with Crippen LogP contribution in [0, 0.1) is 0 Å². The lowest BCUT2D eigenvalue weighted by atomic mass is 9.68. The summed E-state index contributed by atoms with van der Waals surface area (Å²) in [6.07, 6.45) is 0. The summed E-state index contributed by atoms with van der Waals surface area (Å²) in [6, 6.07) is 52.0. The average Bonchev–Trinajstić information content (AvgIpc) is 3.36. The van der Waals surface area contributed by atoms with Crippen LogP contribution in [-0.2, 0) is 10.8 Å². The van der Waals surface area contributed by atoms with Crippen LogP contribution in [0.3, 0.4) is 0 Å². The number of benzene rings is 6. The Bertz CT molecular complexity index is 1980. The topological polar surface area (TPSA) is 18.5 Å². The van der Waals surface area contributed by atoms with E-state index in [9.17, 15) is 0 Å². The molecule has 0 fully saturated rings. The van der Waals surface area contributed by atoms with Crippen molar-refractivity contribution in [1.82, 2.24) is 0 Å². The molecule has 7 rings (SSSR count). The fourth-order valence-electron chi connectivity index (χ4n) is 7.14. The van der Waals surface area contributed by atoms with Gasteiger partial charge in [-0.2, -0.15) is 0 Å². The van der Waals surface area contributed by atoms with E-state index in [-0.39, 0.29) is 11.0 Å². The minimum atomic E-state index is -0.483. The molecule has 0 N–H and O–H groups in total. The zero-order valence-corrected chi connectivity index (χ0v) is 28.2. The monoisotopic (exact) mass is 614 g/mol. The molecule has 6 aromatic rings. The van der Waals surface area contributed by atoms with Gasteiger partial charge in [0.1, 0.15) is 22.8 Å². The smallest absolute Gasteiger partial charge is 0.127 e. The third-order valence-corrected chi connectivity index (χ3v) is 9.07. The predicted molar refractivity (Wildman–Crippen MR) is 195 cm³/mol. The van der Waals surface area contributed by atoms with Gasteiger partial charge < -0.3 is 9.47 Å². The van der Waals surface area contributed by atoms with Gasteiger partial charge in [0, 0.05) is 0 Å². The van der Waals surface area contributed by atoms with Crippen molar-refractivity contribution in [1.29, 1.82) is 0 Å². The highest BCUT2D eigenvalue weighted by atomic mass is 16.5. The van der Waals surface area contributed by atoms with Gasteiger partial charge in [0.15, 0.2) is 0 Å². The van der Waals surface area contributed by atoms with Crippen molar-refractivity contribution < 1.29 is 9.47 Å². The van der Waals surface area contributed by atoms with Gasteiger partial charge >= 0.3 is 0 Å². The van der Waals surface area contributed by atoms with E-state index < -0.39 is 5.41 Å². The summed E-state index contributed by atoms with van der Waals surface area (Å²) < 4.78 is 12.8. The van der Waals surface area contributed by atoms with E-state index in [1.807, 2.05) is 0 Å². The number of hydrogen-bond donors (Lipinski definition) is 0. The van der Waals surface area contributed by atoms with Gasteiger partial charge in [-0.15, -0.1) is 0 Å². The maximum absolute atomic E-state index is 6.55. The Kier molecular flexibility index (Phi) is 7.56. The van der Waals surface area contributed by atoms with Crippen LogP contribution in [0.5, 0.6) is 17.2 Å². The van der Waals surface area contributed by atoms with Crippen LogP contribution in [0.25, 0.3) is 22.3 Å². The van der Waals surface area contributed by atoms with Gasteiger partial charge in [0.05, 0.1) is 5.41 Å². The lowest BCUT2D eigenvalue weighted by Crippen LogP contribution is -2.28. The van der Waals surface area contributed by atoms with E-state index in [0.29, 0.717) is 0 Å². The number of ether oxygens (including phenoxy) is 2. The van der Waals surface area contributed by atoms with Gasteiger partial charge in [-0.1, -0.05) is 130 Å². The minimum Gasteiger partial charge on any atom is -0.488 e. The number of rotatable bonds is 6. The maximum atomic E-state index is 6.55. The Morgan fingerprint density at radius 1 is 0.447 bits per heavy atom. The predicted octanol–water partition coefficient (Wildman–Crippen LogP) is 12.0. The van der Waals surface area contributed by atoms with Crippen molar-refractivity contribution in [3.8, 4) is 39.5 Å². The van der Waals surface area contributed by atoms with Gasteiger partial charge in [0.2, 0.25) is 0 Å². The van der Waals surface area contributed by atoms with Crippen molar-refractivity contribution in [2.45, 2.75) is 58.0 Å². The first kappa shape index (κ1) is 30.6. The molecule has 2 heteroatoms. The Labute approximate surface area is 279 Å². The van der Waals surface area contributed by atoms with Gasteiger partial charge in [-0.25, -0.2) is 0 Å². The molecule has 0 saturated carbocycles. The van der Waals surface area contributed by atoms with Crippen LogP contribution < -0.4 is 9.47 Å². The fourth-order valence-corrected chi connectivity index (χ4v) is 7.14. The maximum Gasteiger partial charge on any atom is 0.127 e. The average molecular weight is 615 g/mol. The molecule has 0 amide bonds. The number of fused-ring (bicyclic) bond motifs is 3. The molecule has 0 saturated heterocycles. The van der Waals surface area contributed by atoms with Gasteiger partial charge in [-0.05, 0) is 113 Å². The second kappa shape index (κ2) is 11.6. The molecule has 234 valence electrons. The minimum absolute atomic E-state index is 0.0441. The summed E-state index contributed by atoms with van der Waals surface area (Å²) in [6.45, 7) is 13.0. The molecule has 6 aromatic carbocycles. The van der Waals surface area contributed by atoms with Crippen LogP contribution in [0.2, 0.25) is 0 Å². The van der Waals surface area contributed by atoms with Crippen LogP contribution in [0.15, 0.2) is 146 Å². The lowest BCUT2D eigenvalue weighted by molar-refractivity contribution is 0.131. The summed E-state index contributed by atoms with van der Waals surface area (Å²) in [4.78, 5) is 0. The highest BCUT2D eigenvalue weighted by molar-refractivity contribution is 5.86. The van der Waals surface area contributed by atoms with Crippen molar-refractivity contribution in [2.24, 2.45) is 0 Å². The van der Waals surface area contributed by atoms with Crippen molar-refractivity contribution in [3.05, 3.63) is 173 Å². The zero-order valence-electron chi connectivity index (χ0n) is 28.2. The third kappa shape index (κ3) is 5.63. The molecule has 1 aliphatic carbocycles. The van der Waals surface area contributed by atoms with E-state index in [4.69, 9.17) is 9.47 Å². The molecule has 0 aromatic heterocycles. The first-order valence-corrected chi connectivity index (χ1v) is 16.5. The Morgan fingerprint density at radius 2 is 0.936 bits per heavy atom. The summed E-state index contributed by atoms with van der Waals surface area (Å²) >= 11 is 0. The summed E-state index contributed by atoms with van der Waals surface area (Å²) in [5.74, 6) is 2.51. The van der Waals surface area contributed by atoms with Crippen molar-refractivity contribution >= 4 is 0 Å². The van der Waals surface area contributed by atoms with E-state index in [0.717, 1.165) is 17.2 Å². The molecular formula is C45H42O2. The Balaban J connectivity index is 1.30. The first-order valence-electron chi connectivity index (χ1n) is 16.5. The number of hydrogen-bond acceptors (Lipinski definition) is 2. The van der Waals surface area contributed by atoms with Crippen LogP contribution in [0.4, 0.5) is 0 Å². The molecule has 1 aliphatic rings. The highest BCUT2D eigenvalue weighted by Crippen LogP contribution is 2.56. The van der Waals surface area contributed by atoms with Crippen molar-refractivity contribution in [2.75, 3.05) is 0 Å². The SMILES string of the molecule is CC(C)(C)Oc1ccc(C2(c3ccc(Oc4ccc(-c5ccccc5)c(C(C)(C)C)c4)cc3)c3ccccc3-c3ccccc32)cc1. The van der Waals surface area contributed by atoms with Crippen molar-refractivity contribution in [3.63, 3.8) is 0 Å². The fraction of sp³-hybridized carbons (Fsp3) is 0.200. The third-order valence-electron chi connectivity index (χ3n) is 9.07. The van der Waals surface area contributed by atoms with Gasteiger partial charge in [-0.3, -0.25) is 0 Å². The van der Waals surface area contributed by atoms with E-state index in [1.165, 1.54) is 50.1 Å². The quantitative estimate of drug-likeness (QED) is 0.185. The molecule has 0 unspecified atom stereocenters. The second-order valence-corrected chi connectivity index (χ2v) is 14.5. The van der Waals surface area contributed by atoms with E-state index in [1.54, 1.807) is 0 Å². The van der Waals surface area contributed by atoms with Crippen LogP contribution >= 0.6 is 0 Å². The molecule has 0 heterocycles. The largest absolute Gasteiger partial charge is 0.488 e. The van der Waals surface area contributed by atoms with Crippen LogP contribution in [0.1, 0.15) is 69.4 Å². The molecule has 0 atom stereocenters.